The number of anilines is 2. The van der Waals surface area contributed by atoms with Crippen LogP contribution in [0.5, 0.6) is 0 Å². The van der Waals surface area contributed by atoms with Gasteiger partial charge in [0.25, 0.3) is 0 Å². The van der Waals surface area contributed by atoms with Crippen molar-refractivity contribution in [3.8, 4) is 0 Å². The Morgan fingerprint density at radius 3 is 2.52 bits per heavy atom. The van der Waals surface area contributed by atoms with E-state index in [0.717, 1.165) is 55.5 Å². The molecule has 0 radical (unpaired) electrons. The summed E-state index contributed by atoms with van der Waals surface area (Å²) < 4.78 is 5.40. The molecule has 1 fully saturated rings. The number of aromatic nitrogens is 1. The zero-order valence-electron chi connectivity index (χ0n) is 16.6. The first kappa shape index (κ1) is 19.7. The van der Waals surface area contributed by atoms with Crippen LogP contribution in [0.1, 0.15) is 51.8 Å². The maximum Gasteiger partial charge on any atom is 0.224 e. The third-order valence-corrected chi connectivity index (χ3v) is 4.48. The van der Waals surface area contributed by atoms with Gasteiger partial charge < -0.3 is 15.0 Å². The lowest BCUT2D eigenvalue weighted by atomic mass is 9.84. The van der Waals surface area contributed by atoms with Crippen molar-refractivity contribution in [2.75, 3.05) is 36.5 Å². The Balaban J connectivity index is 2.03. The lowest BCUT2D eigenvalue weighted by molar-refractivity contribution is -0.117. The predicted molar refractivity (Wildman–Crippen MR) is 103 cm³/mol. The fraction of sp³-hybridized carbons (Fsp3) is 0.700. The van der Waals surface area contributed by atoms with Crippen LogP contribution < -0.4 is 10.2 Å². The van der Waals surface area contributed by atoms with Crippen LogP contribution >= 0.6 is 0 Å². The second kappa shape index (κ2) is 8.17. The Bertz CT molecular complexity index is 578. The molecule has 1 N–H and O–H groups in total. The Labute approximate surface area is 152 Å². The molecular weight excluding hydrogens is 314 g/mol. The lowest BCUT2D eigenvalue weighted by Gasteiger charge is -2.29. The minimum atomic E-state index is 0.0730. The fourth-order valence-corrected chi connectivity index (χ4v) is 3.58. The normalized spacial score (nSPS) is 16.6. The van der Waals surface area contributed by atoms with Gasteiger partial charge in [-0.25, -0.2) is 4.98 Å². The number of carbonyl (C=O) groups excluding carboxylic acids is 1. The van der Waals surface area contributed by atoms with E-state index in [2.05, 4.69) is 44.0 Å². The molecule has 5 heteroatoms. The molecule has 0 aliphatic carbocycles. The number of aryl methyl sites for hydroxylation is 2. The first-order valence-electron chi connectivity index (χ1n) is 9.26. The van der Waals surface area contributed by atoms with E-state index in [0.29, 0.717) is 12.3 Å². The number of hydrogen-bond donors (Lipinski definition) is 1. The van der Waals surface area contributed by atoms with Crippen LogP contribution in [-0.2, 0) is 9.53 Å². The molecule has 140 valence electrons. The summed E-state index contributed by atoms with van der Waals surface area (Å²) in [5, 5.41) is 3.08. The standard InChI is InChI=1S/C20H33N3O2/c1-14(13-20(4,5)6)11-18(24)22-19-15(2)12-17(21-16(19)3)23-7-9-25-10-8-23/h12,14H,7-11,13H2,1-6H3,(H,22,24). The SMILES string of the molecule is Cc1cc(N2CCOCC2)nc(C)c1NC(=O)CC(C)CC(C)(C)C. The number of nitrogens with one attached hydrogen (secondary N) is 1. The van der Waals surface area contributed by atoms with Crippen molar-refractivity contribution in [3.05, 3.63) is 17.3 Å². The summed E-state index contributed by atoms with van der Waals surface area (Å²) in [7, 11) is 0. The molecule has 1 aliphatic heterocycles. The average molecular weight is 348 g/mol. The molecule has 1 aliphatic rings. The first-order valence-corrected chi connectivity index (χ1v) is 9.26. The van der Waals surface area contributed by atoms with Crippen LogP contribution in [0.4, 0.5) is 11.5 Å². The van der Waals surface area contributed by atoms with Gasteiger partial charge >= 0.3 is 0 Å². The highest BCUT2D eigenvalue weighted by atomic mass is 16.5. The number of pyridine rings is 1. The van der Waals surface area contributed by atoms with E-state index >= 15 is 0 Å². The third kappa shape index (κ3) is 5.99. The van der Waals surface area contributed by atoms with Crippen molar-refractivity contribution >= 4 is 17.4 Å². The van der Waals surface area contributed by atoms with Crippen LogP contribution in [0.3, 0.4) is 0 Å². The Kier molecular flexibility index (Phi) is 6.44. The molecule has 2 heterocycles. The average Bonchev–Trinajstić information content (AvgIpc) is 2.49. The number of rotatable bonds is 5. The van der Waals surface area contributed by atoms with Crippen LogP contribution in [0, 0.1) is 25.2 Å². The van der Waals surface area contributed by atoms with E-state index in [1.165, 1.54) is 0 Å². The zero-order chi connectivity index (χ0) is 18.6. The van der Waals surface area contributed by atoms with Gasteiger partial charge in [0.05, 0.1) is 24.6 Å². The minimum Gasteiger partial charge on any atom is -0.378 e. The highest BCUT2D eigenvalue weighted by molar-refractivity contribution is 5.92. The summed E-state index contributed by atoms with van der Waals surface area (Å²) in [5.41, 5.74) is 3.03. The van der Waals surface area contributed by atoms with Crippen molar-refractivity contribution < 1.29 is 9.53 Å². The number of amides is 1. The minimum absolute atomic E-state index is 0.0730. The van der Waals surface area contributed by atoms with Crippen LogP contribution in [-0.4, -0.2) is 37.2 Å². The summed E-state index contributed by atoms with van der Waals surface area (Å²) in [5.74, 6) is 1.41. The molecule has 1 saturated heterocycles. The fourth-order valence-electron chi connectivity index (χ4n) is 3.58. The smallest absolute Gasteiger partial charge is 0.224 e. The van der Waals surface area contributed by atoms with E-state index in [-0.39, 0.29) is 11.3 Å². The molecule has 25 heavy (non-hydrogen) atoms. The number of carbonyl (C=O) groups is 1. The molecule has 2 rings (SSSR count). The molecule has 1 aromatic rings. The second-order valence-electron chi connectivity index (χ2n) is 8.48. The van der Waals surface area contributed by atoms with Gasteiger partial charge in [0, 0.05) is 19.5 Å². The Morgan fingerprint density at radius 2 is 1.96 bits per heavy atom. The van der Waals surface area contributed by atoms with E-state index in [1.807, 2.05) is 13.8 Å². The summed E-state index contributed by atoms with van der Waals surface area (Å²) in [4.78, 5) is 19.4. The monoisotopic (exact) mass is 347 g/mol. The Hall–Kier alpha value is -1.62. The van der Waals surface area contributed by atoms with Crippen molar-refractivity contribution in [3.63, 3.8) is 0 Å². The van der Waals surface area contributed by atoms with E-state index in [1.54, 1.807) is 0 Å². The van der Waals surface area contributed by atoms with E-state index < -0.39 is 0 Å². The molecule has 0 aromatic carbocycles. The van der Waals surface area contributed by atoms with Crippen LogP contribution in [0.2, 0.25) is 0 Å². The van der Waals surface area contributed by atoms with Crippen molar-refractivity contribution in [1.82, 2.24) is 4.98 Å². The summed E-state index contributed by atoms with van der Waals surface area (Å²) >= 11 is 0. The molecule has 1 atom stereocenters. The summed E-state index contributed by atoms with van der Waals surface area (Å²) in [6.45, 7) is 16.0. The molecule has 0 saturated carbocycles. The zero-order valence-corrected chi connectivity index (χ0v) is 16.6. The summed E-state index contributed by atoms with van der Waals surface area (Å²) in [6.07, 6.45) is 1.58. The summed E-state index contributed by atoms with van der Waals surface area (Å²) in [6, 6.07) is 2.06. The highest BCUT2D eigenvalue weighted by Crippen LogP contribution is 2.28. The molecule has 1 amide bonds. The van der Waals surface area contributed by atoms with E-state index in [9.17, 15) is 4.79 Å². The van der Waals surface area contributed by atoms with Gasteiger partial charge in [-0.3, -0.25) is 4.79 Å². The first-order chi connectivity index (χ1) is 11.7. The van der Waals surface area contributed by atoms with Crippen molar-refractivity contribution in [2.45, 2.75) is 54.4 Å². The largest absolute Gasteiger partial charge is 0.378 e. The molecule has 1 unspecified atom stereocenters. The van der Waals surface area contributed by atoms with Crippen LogP contribution in [0.15, 0.2) is 6.07 Å². The maximum absolute atomic E-state index is 12.4. The molecule has 0 spiro atoms. The quantitative estimate of drug-likeness (QED) is 0.877. The number of nitrogens with zero attached hydrogens (tertiary/aromatic N) is 2. The van der Waals surface area contributed by atoms with Gasteiger partial charge in [0.1, 0.15) is 5.82 Å². The highest BCUT2D eigenvalue weighted by Gasteiger charge is 2.20. The Morgan fingerprint density at radius 1 is 1.32 bits per heavy atom. The van der Waals surface area contributed by atoms with Gasteiger partial charge in [0.2, 0.25) is 5.91 Å². The predicted octanol–water partition coefficient (Wildman–Crippen LogP) is 3.94. The maximum atomic E-state index is 12.4. The van der Waals surface area contributed by atoms with Crippen molar-refractivity contribution in [2.24, 2.45) is 11.3 Å². The number of hydrogen-bond acceptors (Lipinski definition) is 4. The molecule has 5 nitrogen and oxygen atoms in total. The topological polar surface area (TPSA) is 54.5 Å². The van der Waals surface area contributed by atoms with Gasteiger partial charge in [-0.15, -0.1) is 0 Å². The molecular formula is C20H33N3O2. The van der Waals surface area contributed by atoms with E-state index in [4.69, 9.17) is 9.72 Å². The van der Waals surface area contributed by atoms with Gasteiger partial charge in [-0.2, -0.15) is 0 Å². The van der Waals surface area contributed by atoms with Crippen LogP contribution in [0.25, 0.3) is 0 Å². The molecule has 0 bridgehead atoms. The number of ether oxygens (including phenoxy) is 1. The van der Waals surface area contributed by atoms with Gasteiger partial charge in [-0.1, -0.05) is 27.7 Å². The van der Waals surface area contributed by atoms with Gasteiger partial charge in [0.15, 0.2) is 0 Å². The lowest BCUT2D eigenvalue weighted by Crippen LogP contribution is -2.37. The third-order valence-electron chi connectivity index (χ3n) is 4.48. The molecule has 1 aromatic heterocycles. The number of morpholine rings is 1. The second-order valence-corrected chi connectivity index (χ2v) is 8.48. The van der Waals surface area contributed by atoms with Crippen molar-refractivity contribution in [1.29, 1.82) is 0 Å². The van der Waals surface area contributed by atoms with Gasteiger partial charge in [-0.05, 0) is 43.2 Å².